The molecule has 1 N–H and O–H groups in total. The molecule has 0 aromatic heterocycles. The van der Waals surface area contributed by atoms with Crippen LogP contribution < -0.4 is 9.46 Å². The minimum atomic E-state index is -3.51. The van der Waals surface area contributed by atoms with Crippen molar-refractivity contribution in [3.63, 3.8) is 0 Å². The molecule has 0 heterocycles. The van der Waals surface area contributed by atoms with Crippen molar-refractivity contribution in [3.05, 3.63) is 59.7 Å². The summed E-state index contributed by atoms with van der Waals surface area (Å²) in [4.78, 5) is 0.275. The molecule has 2 aromatic rings. The summed E-state index contributed by atoms with van der Waals surface area (Å²) in [6.07, 6.45) is 0. The number of rotatable bonds is 8. The van der Waals surface area contributed by atoms with Crippen LogP contribution in [0.2, 0.25) is 0 Å². The van der Waals surface area contributed by atoms with Gasteiger partial charge < -0.3 is 9.47 Å². The van der Waals surface area contributed by atoms with E-state index in [1.54, 1.807) is 25.3 Å². The summed E-state index contributed by atoms with van der Waals surface area (Å²) in [5.74, 6) is 0.729. The van der Waals surface area contributed by atoms with E-state index in [2.05, 4.69) is 4.72 Å². The molecule has 2 aromatic carbocycles. The van der Waals surface area contributed by atoms with Crippen LogP contribution in [0, 0.1) is 6.92 Å². The smallest absolute Gasteiger partial charge is 0.240 e. The fourth-order valence-corrected chi connectivity index (χ4v) is 3.11. The van der Waals surface area contributed by atoms with Crippen molar-refractivity contribution in [1.29, 1.82) is 0 Å². The highest BCUT2D eigenvalue weighted by Gasteiger charge is 2.13. The maximum absolute atomic E-state index is 12.2. The quantitative estimate of drug-likeness (QED) is 0.753. The standard InChI is InChI=1S/C17H21NO4S/c1-14-4-3-5-17(12-14)23(19,20)18-13-15-6-8-16(9-7-15)22-11-10-21-2/h3-9,12,18H,10-11,13H2,1-2H3. The van der Waals surface area contributed by atoms with Gasteiger partial charge in [0.2, 0.25) is 10.0 Å². The molecule has 0 spiro atoms. The van der Waals surface area contributed by atoms with Crippen molar-refractivity contribution in [3.8, 4) is 5.75 Å². The number of methoxy groups -OCH3 is 1. The summed E-state index contributed by atoms with van der Waals surface area (Å²) in [5, 5.41) is 0. The Bertz CT molecular complexity index is 727. The zero-order chi connectivity index (χ0) is 16.7. The molecule has 0 bridgehead atoms. The second kappa shape index (κ2) is 8.10. The van der Waals surface area contributed by atoms with Gasteiger partial charge in [0.25, 0.3) is 0 Å². The van der Waals surface area contributed by atoms with E-state index in [9.17, 15) is 8.42 Å². The van der Waals surface area contributed by atoms with E-state index < -0.39 is 10.0 Å². The van der Waals surface area contributed by atoms with Gasteiger partial charge in [-0.15, -0.1) is 0 Å². The van der Waals surface area contributed by atoms with Crippen LogP contribution >= 0.6 is 0 Å². The second-order valence-corrected chi connectivity index (χ2v) is 6.89. The zero-order valence-corrected chi connectivity index (χ0v) is 14.1. The predicted octanol–water partition coefficient (Wildman–Crippen LogP) is 2.50. The summed E-state index contributed by atoms with van der Waals surface area (Å²) in [5.41, 5.74) is 1.77. The molecule has 0 amide bonds. The predicted molar refractivity (Wildman–Crippen MR) is 89.0 cm³/mol. The first-order valence-corrected chi connectivity index (χ1v) is 8.76. The SMILES string of the molecule is COCCOc1ccc(CNS(=O)(=O)c2cccc(C)c2)cc1. The fraction of sp³-hybridized carbons (Fsp3) is 0.294. The molecule has 23 heavy (non-hydrogen) atoms. The Hall–Kier alpha value is -1.89. The average Bonchev–Trinajstić information content (AvgIpc) is 2.54. The first-order chi connectivity index (χ1) is 11.0. The highest BCUT2D eigenvalue weighted by Crippen LogP contribution is 2.14. The van der Waals surface area contributed by atoms with Crippen molar-refractivity contribution in [1.82, 2.24) is 4.72 Å². The number of hydrogen-bond acceptors (Lipinski definition) is 4. The fourth-order valence-electron chi connectivity index (χ4n) is 1.99. The van der Waals surface area contributed by atoms with Crippen LogP contribution in [0.3, 0.4) is 0 Å². The van der Waals surface area contributed by atoms with Gasteiger partial charge in [-0.2, -0.15) is 0 Å². The molecule has 0 atom stereocenters. The van der Waals surface area contributed by atoms with Gasteiger partial charge in [-0.05, 0) is 42.3 Å². The van der Waals surface area contributed by atoms with E-state index in [0.717, 1.165) is 16.9 Å². The maximum Gasteiger partial charge on any atom is 0.240 e. The summed E-state index contributed by atoms with van der Waals surface area (Å²) in [6.45, 7) is 3.10. The van der Waals surface area contributed by atoms with Crippen molar-refractivity contribution >= 4 is 10.0 Å². The minimum Gasteiger partial charge on any atom is -0.491 e. The molecule has 0 fully saturated rings. The van der Waals surface area contributed by atoms with Crippen molar-refractivity contribution in [2.24, 2.45) is 0 Å². The van der Waals surface area contributed by atoms with Crippen LogP contribution in [0.5, 0.6) is 5.75 Å². The Morgan fingerprint density at radius 1 is 1.04 bits per heavy atom. The number of benzene rings is 2. The van der Waals surface area contributed by atoms with Crippen molar-refractivity contribution in [2.75, 3.05) is 20.3 Å². The van der Waals surface area contributed by atoms with Gasteiger partial charge in [-0.3, -0.25) is 0 Å². The van der Waals surface area contributed by atoms with Crippen LogP contribution in [-0.2, 0) is 21.3 Å². The largest absolute Gasteiger partial charge is 0.491 e. The van der Waals surface area contributed by atoms with Crippen molar-refractivity contribution in [2.45, 2.75) is 18.4 Å². The molecule has 0 aliphatic rings. The molecule has 0 aliphatic carbocycles. The lowest BCUT2D eigenvalue weighted by Crippen LogP contribution is -2.23. The maximum atomic E-state index is 12.2. The lowest BCUT2D eigenvalue weighted by atomic mass is 10.2. The molecule has 0 saturated carbocycles. The molecule has 5 nitrogen and oxygen atoms in total. The third-order valence-corrected chi connectivity index (χ3v) is 4.64. The number of hydrogen-bond donors (Lipinski definition) is 1. The first-order valence-electron chi connectivity index (χ1n) is 7.28. The van der Waals surface area contributed by atoms with Crippen LogP contribution in [-0.4, -0.2) is 28.7 Å². The molecule has 0 saturated heterocycles. The van der Waals surface area contributed by atoms with Crippen LogP contribution in [0.15, 0.2) is 53.4 Å². The topological polar surface area (TPSA) is 64.6 Å². The van der Waals surface area contributed by atoms with E-state index in [1.165, 1.54) is 0 Å². The highest BCUT2D eigenvalue weighted by molar-refractivity contribution is 7.89. The van der Waals surface area contributed by atoms with Crippen LogP contribution in [0.25, 0.3) is 0 Å². The minimum absolute atomic E-state index is 0.231. The Kier molecular flexibility index (Phi) is 6.15. The molecule has 2 rings (SSSR count). The highest BCUT2D eigenvalue weighted by atomic mass is 32.2. The Balaban J connectivity index is 1.95. The van der Waals surface area contributed by atoms with Crippen molar-refractivity contribution < 1.29 is 17.9 Å². The van der Waals surface area contributed by atoms with Gasteiger partial charge in [0.15, 0.2) is 0 Å². The van der Waals surface area contributed by atoms with Gasteiger partial charge in [0.05, 0.1) is 11.5 Å². The lowest BCUT2D eigenvalue weighted by Gasteiger charge is -2.09. The normalized spacial score (nSPS) is 11.4. The molecular weight excluding hydrogens is 314 g/mol. The average molecular weight is 335 g/mol. The summed E-state index contributed by atoms with van der Waals surface area (Å²) in [6, 6.07) is 14.1. The summed E-state index contributed by atoms with van der Waals surface area (Å²) in [7, 11) is -1.89. The number of aryl methyl sites for hydroxylation is 1. The Labute approximate surface area is 137 Å². The van der Waals surface area contributed by atoms with Crippen LogP contribution in [0.1, 0.15) is 11.1 Å². The van der Waals surface area contributed by atoms with Gasteiger partial charge >= 0.3 is 0 Å². The van der Waals surface area contributed by atoms with E-state index in [-0.39, 0.29) is 11.4 Å². The summed E-state index contributed by atoms with van der Waals surface area (Å²) < 4.78 is 37.5. The van der Waals surface area contributed by atoms with Crippen LogP contribution in [0.4, 0.5) is 0 Å². The molecule has 0 aliphatic heterocycles. The molecule has 6 heteroatoms. The van der Waals surface area contributed by atoms with Gasteiger partial charge in [0.1, 0.15) is 12.4 Å². The zero-order valence-electron chi connectivity index (χ0n) is 13.3. The van der Waals surface area contributed by atoms with E-state index in [0.29, 0.717) is 13.2 Å². The third-order valence-electron chi connectivity index (χ3n) is 3.25. The molecule has 0 unspecified atom stereocenters. The monoisotopic (exact) mass is 335 g/mol. The van der Waals surface area contributed by atoms with Gasteiger partial charge in [-0.25, -0.2) is 13.1 Å². The van der Waals surface area contributed by atoms with Gasteiger partial charge in [-0.1, -0.05) is 24.3 Å². The number of ether oxygens (including phenoxy) is 2. The van der Waals surface area contributed by atoms with Gasteiger partial charge in [0, 0.05) is 13.7 Å². The lowest BCUT2D eigenvalue weighted by molar-refractivity contribution is 0.146. The van der Waals surface area contributed by atoms with E-state index >= 15 is 0 Å². The van der Waals surface area contributed by atoms with E-state index in [1.807, 2.05) is 37.3 Å². The number of sulfonamides is 1. The molecule has 124 valence electrons. The molecule has 0 radical (unpaired) electrons. The summed E-state index contributed by atoms with van der Waals surface area (Å²) >= 11 is 0. The van der Waals surface area contributed by atoms with E-state index in [4.69, 9.17) is 9.47 Å². The first kappa shape index (κ1) is 17.5. The third kappa shape index (κ3) is 5.35. The Morgan fingerprint density at radius 2 is 1.78 bits per heavy atom. The second-order valence-electron chi connectivity index (χ2n) is 5.13. The number of nitrogens with one attached hydrogen (secondary N) is 1. The molecular formula is C17H21NO4S. The Morgan fingerprint density at radius 3 is 2.43 bits per heavy atom.